The minimum atomic E-state index is -5.19. The zero-order valence-corrected chi connectivity index (χ0v) is 24.8. The van der Waals surface area contributed by atoms with Gasteiger partial charge in [0.25, 0.3) is 5.91 Å². The number of carbonyl (C=O) groups is 2. The zero-order valence-electron chi connectivity index (χ0n) is 23.2. The Morgan fingerprint density at radius 1 is 1.05 bits per heavy atom. The van der Waals surface area contributed by atoms with Crippen LogP contribution in [0.25, 0.3) is 0 Å². The molecule has 14 nitrogen and oxygen atoms in total. The molecule has 0 unspecified atom stereocenters. The smallest absolute Gasteiger partial charge is 0.430 e. The van der Waals surface area contributed by atoms with E-state index in [0.29, 0.717) is 29.7 Å². The molecule has 0 radical (unpaired) electrons. The predicted molar refractivity (Wildman–Crippen MR) is 145 cm³/mol. The van der Waals surface area contributed by atoms with E-state index >= 15 is 0 Å². The highest BCUT2D eigenvalue weighted by molar-refractivity contribution is 7.89. The number of alkyl halides is 3. The number of hydrogen-bond donors (Lipinski definition) is 4. The van der Waals surface area contributed by atoms with E-state index < -0.39 is 28.1 Å². The molecule has 0 saturated carbocycles. The first-order chi connectivity index (χ1) is 19.3. The Morgan fingerprint density at radius 2 is 1.67 bits per heavy atom. The Labute approximate surface area is 245 Å². The number of anilines is 2. The van der Waals surface area contributed by atoms with Crippen LogP contribution in [0.5, 0.6) is 11.5 Å². The number of aromatic nitrogens is 2. The average Bonchev–Trinajstić information content (AvgIpc) is 2.89. The summed E-state index contributed by atoms with van der Waals surface area (Å²) in [6, 6.07) is 4.54. The van der Waals surface area contributed by atoms with Crippen LogP contribution in [0.15, 0.2) is 23.1 Å². The monoisotopic (exact) mass is 643 g/mol. The van der Waals surface area contributed by atoms with E-state index in [1.54, 1.807) is 6.07 Å². The van der Waals surface area contributed by atoms with Gasteiger partial charge in [0.15, 0.2) is 22.5 Å². The molecular formula is C23H33ClF3N7O7S. The number of amides is 1. The van der Waals surface area contributed by atoms with Gasteiger partial charge in [-0.1, -0.05) is 11.6 Å². The van der Waals surface area contributed by atoms with Crippen molar-refractivity contribution in [2.45, 2.75) is 23.9 Å². The highest BCUT2D eigenvalue weighted by atomic mass is 35.5. The van der Waals surface area contributed by atoms with Gasteiger partial charge < -0.3 is 40.6 Å². The number of nitrogen functional groups attached to an aromatic ring is 2. The van der Waals surface area contributed by atoms with Crippen molar-refractivity contribution in [1.82, 2.24) is 20.0 Å². The van der Waals surface area contributed by atoms with Crippen molar-refractivity contribution in [1.29, 1.82) is 0 Å². The third-order valence-electron chi connectivity index (χ3n) is 5.50. The summed E-state index contributed by atoms with van der Waals surface area (Å²) in [5, 5.41) is 11.5. The third-order valence-corrected chi connectivity index (χ3v) is 7.28. The first kappa shape index (κ1) is 36.4. The number of methoxy groups -OCH3 is 2. The van der Waals surface area contributed by atoms with Crippen LogP contribution in [-0.2, 0) is 14.8 Å². The van der Waals surface area contributed by atoms with Crippen LogP contribution in [-0.4, -0.2) is 95.4 Å². The number of carboxylic acids is 1. The van der Waals surface area contributed by atoms with E-state index in [-0.39, 0.29) is 39.7 Å². The van der Waals surface area contributed by atoms with Crippen molar-refractivity contribution in [3.63, 3.8) is 0 Å². The summed E-state index contributed by atoms with van der Waals surface area (Å²) in [7, 11) is 3.22. The fourth-order valence-electron chi connectivity index (χ4n) is 3.22. The number of benzene rings is 1. The highest BCUT2D eigenvalue weighted by Gasteiger charge is 2.29. The van der Waals surface area contributed by atoms with Crippen molar-refractivity contribution in [3.8, 4) is 11.5 Å². The quantitative estimate of drug-likeness (QED) is 0.171. The van der Waals surface area contributed by atoms with Crippen LogP contribution in [0, 0.1) is 0 Å². The number of rotatable bonds is 13. The molecule has 0 bridgehead atoms. The standard InChI is InChI=1S/C21H32ClN7O5S.C2HF3O2/c1-29(2,12-10-25-21(30)17-19(23)28-20(24)18(22)27-17)11-6-5-9-26-35(31,32)16-8-7-14(33-3)13-15(16)34-4;3-2(4,5)1(6)7/h7-8,13,26H,5-6,9-12H2,1-4H3,(H4-,23,24,25,28,30);(H,6,7). The second kappa shape index (κ2) is 15.6. The minimum Gasteiger partial charge on any atom is -0.542 e. The summed E-state index contributed by atoms with van der Waals surface area (Å²) >= 11 is 5.82. The second-order valence-electron chi connectivity index (χ2n) is 9.18. The van der Waals surface area contributed by atoms with Gasteiger partial charge in [0.05, 0.1) is 47.9 Å². The predicted octanol–water partition coefficient (Wildman–Crippen LogP) is 0.175. The van der Waals surface area contributed by atoms with Crippen LogP contribution in [0.4, 0.5) is 24.8 Å². The molecule has 0 saturated heterocycles. The number of nitrogens with two attached hydrogens (primary N) is 2. The van der Waals surface area contributed by atoms with Crippen molar-refractivity contribution < 1.29 is 50.2 Å². The van der Waals surface area contributed by atoms with E-state index in [0.717, 1.165) is 13.0 Å². The van der Waals surface area contributed by atoms with E-state index in [9.17, 15) is 26.4 Å². The molecule has 0 aliphatic rings. The van der Waals surface area contributed by atoms with Gasteiger partial charge in [-0.25, -0.2) is 23.1 Å². The highest BCUT2D eigenvalue weighted by Crippen LogP contribution is 2.28. The number of halogens is 4. The largest absolute Gasteiger partial charge is 0.542 e. The lowest BCUT2D eigenvalue weighted by Crippen LogP contribution is -2.46. The number of likely N-dealkylation sites (N-methyl/N-ethyl adjacent to an activating group) is 1. The molecule has 1 heterocycles. The first-order valence-electron chi connectivity index (χ1n) is 12.0. The maximum Gasteiger partial charge on any atom is 0.430 e. The molecule has 1 aromatic carbocycles. The van der Waals surface area contributed by atoms with E-state index in [1.165, 1.54) is 26.4 Å². The molecule has 1 aromatic heterocycles. The molecule has 6 N–H and O–H groups in total. The van der Waals surface area contributed by atoms with Crippen LogP contribution in [0.1, 0.15) is 23.3 Å². The van der Waals surface area contributed by atoms with Crippen LogP contribution >= 0.6 is 11.6 Å². The summed E-state index contributed by atoms with van der Waals surface area (Å²) in [6.45, 7) is 2.07. The summed E-state index contributed by atoms with van der Waals surface area (Å²) in [5.74, 6) is -2.90. The molecule has 19 heteroatoms. The van der Waals surface area contributed by atoms with Crippen LogP contribution in [0.2, 0.25) is 5.15 Å². The van der Waals surface area contributed by atoms with Crippen molar-refractivity contribution in [2.24, 2.45) is 0 Å². The number of ether oxygens (including phenoxy) is 2. The molecule has 42 heavy (non-hydrogen) atoms. The number of carbonyl (C=O) groups excluding carboxylic acids is 2. The number of nitrogens with one attached hydrogen (secondary N) is 2. The number of nitrogens with zero attached hydrogens (tertiary/aromatic N) is 3. The van der Waals surface area contributed by atoms with E-state index in [2.05, 4.69) is 20.0 Å². The maximum absolute atomic E-state index is 12.6. The summed E-state index contributed by atoms with van der Waals surface area (Å²) in [6.07, 6.45) is -3.78. The maximum atomic E-state index is 12.6. The topological polar surface area (TPSA) is 212 Å². The lowest BCUT2D eigenvalue weighted by atomic mass is 10.2. The Bertz CT molecular complexity index is 1350. The molecule has 0 atom stereocenters. The van der Waals surface area contributed by atoms with Crippen LogP contribution < -0.4 is 36.1 Å². The normalized spacial score (nSPS) is 11.7. The molecule has 0 fully saturated rings. The minimum absolute atomic E-state index is 0.0380. The number of hydrogen-bond acceptors (Lipinski definition) is 11. The Kier molecular flexibility index (Phi) is 13.5. The van der Waals surface area contributed by atoms with Gasteiger partial charge in [0, 0.05) is 12.6 Å². The van der Waals surface area contributed by atoms with E-state index in [1.807, 2.05) is 14.1 Å². The number of quaternary nitrogens is 1. The molecule has 0 aliphatic heterocycles. The molecule has 236 valence electrons. The SMILES string of the molecule is COc1ccc(S(=O)(=O)NCCCC[N+](C)(C)CCNC(=O)c2nc(Cl)c(N)nc2N)c(OC)c1.O=C([O-])C(F)(F)F. The number of carboxylic acid groups (broad SMARTS) is 1. The Balaban J connectivity index is 0.00000112. The fourth-order valence-corrected chi connectivity index (χ4v) is 4.57. The molecule has 0 aliphatic carbocycles. The fraction of sp³-hybridized carbons (Fsp3) is 0.478. The van der Waals surface area contributed by atoms with Gasteiger partial charge in [-0.15, -0.1) is 0 Å². The van der Waals surface area contributed by atoms with Gasteiger partial charge in [-0.2, -0.15) is 13.2 Å². The molecule has 2 rings (SSSR count). The number of aliphatic carboxylic acids is 1. The Morgan fingerprint density at radius 3 is 2.21 bits per heavy atom. The molecule has 1 amide bonds. The van der Waals surface area contributed by atoms with E-state index in [4.69, 9.17) is 42.4 Å². The molecule has 2 aromatic rings. The summed E-state index contributed by atoms with van der Waals surface area (Å²) < 4.78 is 70.4. The summed E-state index contributed by atoms with van der Waals surface area (Å²) in [5.41, 5.74) is 11.2. The first-order valence-corrected chi connectivity index (χ1v) is 13.9. The van der Waals surface area contributed by atoms with Gasteiger partial charge in [0.2, 0.25) is 10.0 Å². The van der Waals surface area contributed by atoms with Gasteiger partial charge in [-0.05, 0) is 25.0 Å². The van der Waals surface area contributed by atoms with Crippen molar-refractivity contribution >= 4 is 45.1 Å². The summed E-state index contributed by atoms with van der Waals surface area (Å²) in [4.78, 5) is 28.8. The number of unbranched alkanes of at least 4 members (excludes halogenated alkanes) is 1. The molecule has 0 spiro atoms. The van der Waals surface area contributed by atoms with Gasteiger partial charge >= 0.3 is 6.18 Å². The second-order valence-corrected chi connectivity index (χ2v) is 11.3. The van der Waals surface area contributed by atoms with Gasteiger partial charge in [0.1, 0.15) is 22.4 Å². The number of sulfonamides is 1. The molecular weight excluding hydrogens is 611 g/mol. The van der Waals surface area contributed by atoms with Gasteiger partial charge in [-0.3, -0.25) is 4.79 Å². The third kappa shape index (κ3) is 11.7. The zero-order chi connectivity index (χ0) is 32.3. The van der Waals surface area contributed by atoms with Crippen molar-refractivity contribution in [2.75, 3.05) is 66.0 Å². The average molecular weight is 644 g/mol. The van der Waals surface area contributed by atoms with Crippen molar-refractivity contribution in [3.05, 3.63) is 29.0 Å². The lowest BCUT2D eigenvalue weighted by Gasteiger charge is -2.30. The Hall–Kier alpha value is -3.61. The van der Waals surface area contributed by atoms with Crippen LogP contribution in [0.3, 0.4) is 0 Å². The lowest BCUT2D eigenvalue weighted by molar-refractivity contribution is -0.889.